The summed E-state index contributed by atoms with van der Waals surface area (Å²) in [5, 5.41) is 12.2. The monoisotopic (exact) mass is 515 g/mol. The zero-order valence-corrected chi connectivity index (χ0v) is 20.6. The predicted molar refractivity (Wildman–Crippen MR) is 128 cm³/mol. The first-order valence-corrected chi connectivity index (χ1v) is 11.3. The number of rotatable bonds is 4. The molecule has 0 unspecified atom stereocenters. The topological polar surface area (TPSA) is 61.6 Å². The number of hydrogen-bond donors (Lipinski definition) is 1. The molecule has 7 nitrogen and oxygen atoms in total. The van der Waals surface area contributed by atoms with Crippen LogP contribution in [0.5, 0.6) is 0 Å². The molecule has 1 aromatic heterocycles. The van der Waals surface area contributed by atoms with Gasteiger partial charge >= 0.3 is 0 Å². The van der Waals surface area contributed by atoms with E-state index in [9.17, 15) is 0 Å². The van der Waals surface area contributed by atoms with E-state index in [-0.39, 0.29) is 24.0 Å². The lowest BCUT2D eigenvalue weighted by molar-refractivity contribution is 0.0864. The molecular weight excluding hydrogens is 477 g/mol. The van der Waals surface area contributed by atoms with Crippen LogP contribution in [0.25, 0.3) is 0 Å². The van der Waals surface area contributed by atoms with Crippen molar-refractivity contribution in [3.05, 3.63) is 11.6 Å². The quantitative estimate of drug-likeness (QED) is 0.380. The highest BCUT2D eigenvalue weighted by molar-refractivity contribution is 14.0. The highest BCUT2D eigenvalue weighted by Crippen LogP contribution is 2.32. The summed E-state index contributed by atoms with van der Waals surface area (Å²) >= 11 is 0. The minimum atomic E-state index is 0. The average Bonchev–Trinajstić information content (AvgIpc) is 3.34. The molecule has 1 N–H and O–H groups in total. The van der Waals surface area contributed by atoms with Crippen molar-refractivity contribution in [1.82, 2.24) is 29.9 Å². The van der Waals surface area contributed by atoms with E-state index < -0.39 is 0 Å². The zero-order valence-electron chi connectivity index (χ0n) is 18.3. The van der Waals surface area contributed by atoms with Crippen LogP contribution < -0.4 is 5.32 Å². The first-order valence-electron chi connectivity index (χ1n) is 11.3. The van der Waals surface area contributed by atoms with Crippen LogP contribution in [0.15, 0.2) is 4.99 Å². The van der Waals surface area contributed by atoms with Gasteiger partial charge in [0.25, 0.3) is 0 Å². The van der Waals surface area contributed by atoms with E-state index in [0.717, 1.165) is 74.6 Å². The molecule has 8 heteroatoms. The largest absolute Gasteiger partial charge is 0.349 e. The van der Waals surface area contributed by atoms with Crippen molar-refractivity contribution in [3.8, 4) is 0 Å². The summed E-state index contributed by atoms with van der Waals surface area (Å²) in [6.07, 6.45) is 7.83. The van der Waals surface area contributed by atoms with Crippen LogP contribution in [-0.2, 0) is 19.5 Å². The van der Waals surface area contributed by atoms with Crippen molar-refractivity contribution >= 4 is 29.9 Å². The Morgan fingerprint density at radius 3 is 2.45 bits per heavy atom. The van der Waals surface area contributed by atoms with Crippen molar-refractivity contribution in [2.45, 2.75) is 71.5 Å². The molecule has 29 heavy (non-hydrogen) atoms. The minimum Gasteiger partial charge on any atom is -0.349 e. The molecule has 164 valence electrons. The van der Waals surface area contributed by atoms with Gasteiger partial charge < -0.3 is 14.8 Å². The molecular formula is C21H38IN7. The molecule has 0 bridgehead atoms. The number of fused-ring (bicyclic) bond motifs is 1. The lowest BCUT2D eigenvalue weighted by atomic mass is 9.79. The van der Waals surface area contributed by atoms with Gasteiger partial charge in [0, 0.05) is 52.2 Å². The summed E-state index contributed by atoms with van der Waals surface area (Å²) in [4.78, 5) is 9.66. The maximum Gasteiger partial charge on any atom is 0.194 e. The van der Waals surface area contributed by atoms with Crippen LogP contribution in [0.4, 0.5) is 0 Å². The summed E-state index contributed by atoms with van der Waals surface area (Å²) in [5.74, 6) is 4.96. The first kappa shape index (κ1) is 22.8. The summed E-state index contributed by atoms with van der Waals surface area (Å²) < 4.78 is 2.26. The number of aliphatic imine (C=N–C) groups is 1. The predicted octanol–water partition coefficient (Wildman–Crippen LogP) is 2.75. The second-order valence-electron chi connectivity index (χ2n) is 9.02. The van der Waals surface area contributed by atoms with Crippen LogP contribution in [0.1, 0.15) is 57.6 Å². The third kappa shape index (κ3) is 5.24. The second-order valence-corrected chi connectivity index (χ2v) is 9.02. The third-order valence-corrected chi connectivity index (χ3v) is 7.12. The van der Waals surface area contributed by atoms with Crippen LogP contribution in [0.3, 0.4) is 0 Å². The number of guanidine groups is 1. The molecule has 0 aromatic carbocycles. The Labute approximate surface area is 192 Å². The number of aryl methyl sites for hydroxylation is 1. The molecule has 1 saturated heterocycles. The van der Waals surface area contributed by atoms with Crippen LogP contribution in [0.2, 0.25) is 0 Å². The normalized spacial score (nSPS) is 25.8. The lowest BCUT2D eigenvalue weighted by Gasteiger charge is -2.43. The fourth-order valence-corrected chi connectivity index (χ4v) is 5.26. The smallest absolute Gasteiger partial charge is 0.194 e. The number of aromatic nitrogens is 3. The fourth-order valence-electron chi connectivity index (χ4n) is 5.26. The van der Waals surface area contributed by atoms with Crippen LogP contribution in [-0.4, -0.2) is 69.8 Å². The van der Waals surface area contributed by atoms with Gasteiger partial charge in [-0.3, -0.25) is 9.89 Å². The molecule has 2 aliphatic heterocycles. The molecule has 1 aliphatic carbocycles. The van der Waals surface area contributed by atoms with Crippen LogP contribution >= 0.6 is 24.0 Å². The van der Waals surface area contributed by atoms with Gasteiger partial charge in [-0.2, -0.15) is 0 Å². The number of piperazine rings is 1. The molecule has 3 aliphatic rings. The minimum absolute atomic E-state index is 0. The number of nitrogens with zero attached hydrogens (tertiary/aromatic N) is 6. The first-order chi connectivity index (χ1) is 13.7. The Morgan fingerprint density at radius 1 is 1.07 bits per heavy atom. The third-order valence-electron chi connectivity index (χ3n) is 7.12. The molecule has 1 aromatic rings. The van der Waals surface area contributed by atoms with Crippen molar-refractivity contribution < 1.29 is 0 Å². The van der Waals surface area contributed by atoms with E-state index in [1.165, 1.54) is 32.1 Å². The molecule has 0 radical (unpaired) electrons. The maximum atomic E-state index is 4.53. The summed E-state index contributed by atoms with van der Waals surface area (Å²) in [7, 11) is 1.89. The molecule has 0 amide bonds. The Balaban J connectivity index is 0.00000240. The number of nitrogens with one attached hydrogen (secondary N) is 1. The van der Waals surface area contributed by atoms with Gasteiger partial charge in [-0.25, -0.2) is 0 Å². The highest BCUT2D eigenvalue weighted by Gasteiger charge is 2.30. The highest BCUT2D eigenvalue weighted by atomic mass is 127. The summed E-state index contributed by atoms with van der Waals surface area (Å²) in [6.45, 7) is 10.9. The number of halogens is 1. The molecule has 2 fully saturated rings. The lowest BCUT2D eigenvalue weighted by Crippen LogP contribution is -2.55. The van der Waals surface area contributed by atoms with E-state index >= 15 is 0 Å². The van der Waals surface area contributed by atoms with E-state index in [1.54, 1.807) is 0 Å². The Kier molecular flexibility index (Phi) is 8.18. The van der Waals surface area contributed by atoms with Gasteiger partial charge in [-0.15, -0.1) is 34.2 Å². The van der Waals surface area contributed by atoms with E-state index in [1.807, 2.05) is 7.05 Å². The van der Waals surface area contributed by atoms with Gasteiger partial charge in [0.15, 0.2) is 11.8 Å². The molecule has 0 spiro atoms. The summed E-state index contributed by atoms with van der Waals surface area (Å²) in [6, 6.07) is 0.797. The van der Waals surface area contributed by atoms with Crippen LogP contribution in [0, 0.1) is 11.8 Å². The van der Waals surface area contributed by atoms with Gasteiger partial charge in [-0.1, -0.05) is 13.8 Å². The molecule has 1 saturated carbocycles. The standard InChI is InChI=1S/C21H37N7.HI/c1-16(2)17-6-8-18(9-7-17)26-11-13-27(14-12-26)21(22-3)23-15-20-25-24-19-5-4-10-28(19)20;/h16-18H,4-15H2,1-3H3,(H,22,23);1H. The summed E-state index contributed by atoms with van der Waals surface area (Å²) in [5.41, 5.74) is 0. The average molecular weight is 515 g/mol. The number of hydrogen-bond acceptors (Lipinski definition) is 4. The van der Waals surface area contributed by atoms with E-state index in [0.29, 0.717) is 6.54 Å². The Bertz CT molecular complexity index is 671. The second kappa shape index (κ2) is 10.4. The SMILES string of the molecule is CN=C(NCc1nnc2n1CCC2)N1CCN(C2CCC(C(C)C)CC2)CC1.I. The fraction of sp³-hybridized carbons (Fsp3) is 0.857. The van der Waals surface area contributed by atoms with Crippen molar-refractivity contribution in [2.24, 2.45) is 16.8 Å². The van der Waals surface area contributed by atoms with Crippen molar-refractivity contribution in [3.63, 3.8) is 0 Å². The van der Waals surface area contributed by atoms with Gasteiger partial charge in [0.1, 0.15) is 5.82 Å². The van der Waals surface area contributed by atoms with Gasteiger partial charge in [0.2, 0.25) is 0 Å². The Morgan fingerprint density at radius 2 is 1.79 bits per heavy atom. The molecule has 3 heterocycles. The molecule has 0 atom stereocenters. The Hall–Kier alpha value is -0.900. The van der Waals surface area contributed by atoms with E-state index in [4.69, 9.17) is 0 Å². The van der Waals surface area contributed by atoms with Gasteiger partial charge in [0.05, 0.1) is 6.54 Å². The van der Waals surface area contributed by atoms with Gasteiger partial charge in [-0.05, 0) is 43.9 Å². The zero-order chi connectivity index (χ0) is 19.5. The van der Waals surface area contributed by atoms with Crippen molar-refractivity contribution in [2.75, 3.05) is 33.2 Å². The molecule has 4 rings (SSSR count). The van der Waals surface area contributed by atoms with E-state index in [2.05, 4.69) is 48.7 Å². The van der Waals surface area contributed by atoms with Crippen molar-refractivity contribution in [1.29, 1.82) is 0 Å². The maximum absolute atomic E-state index is 4.53.